The molecule has 2 amide bonds. The highest BCUT2D eigenvalue weighted by atomic mass is 16.2. The Labute approximate surface area is 141 Å². The molecule has 1 aromatic rings. The van der Waals surface area contributed by atoms with Crippen molar-refractivity contribution in [1.29, 1.82) is 0 Å². The van der Waals surface area contributed by atoms with Crippen molar-refractivity contribution in [3.8, 4) is 0 Å². The van der Waals surface area contributed by atoms with E-state index in [-0.39, 0.29) is 17.6 Å². The summed E-state index contributed by atoms with van der Waals surface area (Å²) < 4.78 is 0. The smallest absolute Gasteiger partial charge is 0.224 e. The normalized spacial score (nSPS) is 16.4. The van der Waals surface area contributed by atoms with Crippen LogP contribution in [0.25, 0.3) is 0 Å². The fourth-order valence-corrected chi connectivity index (χ4v) is 3.29. The third-order valence-electron chi connectivity index (χ3n) is 4.58. The molecule has 0 aromatic heterocycles. The van der Waals surface area contributed by atoms with E-state index in [1.165, 1.54) is 25.7 Å². The van der Waals surface area contributed by atoms with Gasteiger partial charge in [-0.25, -0.2) is 0 Å². The zero-order valence-electron chi connectivity index (χ0n) is 14.2. The average molecular weight is 330 g/mol. The molecule has 1 aromatic carbocycles. The number of rotatable bonds is 4. The quantitative estimate of drug-likeness (QED) is 0.623. The van der Waals surface area contributed by atoms with E-state index in [0.717, 1.165) is 6.29 Å². The maximum absolute atomic E-state index is 12.4. The Balaban J connectivity index is 2.47. The lowest BCUT2D eigenvalue weighted by atomic mass is 9.85. The minimum atomic E-state index is -1.04. The van der Waals surface area contributed by atoms with Crippen LogP contribution in [0.5, 0.6) is 0 Å². The van der Waals surface area contributed by atoms with Crippen LogP contribution in [0.15, 0.2) is 24.3 Å². The second-order valence-corrected chi connectivity index (χ2v) is 6.16. The Morgan fingerprint density at radius 3 is 2.12 bits per heavy atom. The van der Waals surface area contributed by atoms with Gasteiger partial charge < -0.3 is 9.69 Å². The SMILES string of the molecule is CC(=O)c1ccccc1N(C(C)=O)C1(C=O)CCN(C(C)=O)CC1. The second-order valence-electron chi connectivity index (χ2n) is 6.16. The van der Waals surface area contributed by atoms with E-state index in [4.69, 9.17) is 0 Å². The monoisotopic (exact) mass is 330 g/mol. The summed E-state index contributed by atoms with van der Waals surface area (Å²) in [4.78, 5) is 50.9. The zero-order chi connectivity index (χ0) is 17.9. The van der Waals surface area contributed by atoms with Crippen LogP contribution in [0.3, 0.4) is 0 Å². The van der Waals surface area contributed by atoms with Gasteiger partial charge in [-0.05, 0) is 31.9 Å². The molecule has 1 saturated heterocycles. The van der Waals surface area contributed by atoms with Crippen molar-refractivity contribution < 1.29 is 19.2 Å². The highest BCUT2D eigenvalue weighted by Crippen LogP contribution is 2.34. The van der Waals surface area contributed by atoms with Crippen molar-refractivity contribution in [3.63, 3.8) is 0 Å². The molecule has 1 heterocycles. The molecule has 1 fully saturated rings. The number of piperidine rings is 1. The van der Waals surface area contributed by atoms with Crippen LogP contribution in [0, 0.1) is 0 Å². The Morgan fingerprint density at radius 1 is 1.08 bits per heavy atom. The van der Waals surface area contributed by atoms with Gasteiger partial charge in [0.1, 0.15) is 11.8 Å². The number of hydrogen-bond acceptors (Lipinski definition) is 4. The van der Waals surface area contributed by atoms with Crippen LogP contribution in [0.4, 0.5) is 5.69 Å². The maximum Gasteiger partial charge on any atom is 0.224 e. The molecule has 0 bridgehead atoms. The summed E-state index contributed by atoms with van der Waals surface area (Å²) in [6, 6.07) is 6.79. The highest BCUT2D eigenvalue weighted by molar-refractivity contribution is 6.06. The van der Waals surface area contributed by atoms with E-state index >= 15 is 0 Å². The Kier molecular flexibility index (Phi) is 5.17. The van der Waals surface area contributed by atoms with Crippen LogP contribution in [0.1, 0.15) is 44.0 Å². The van der Waals surface area contributed by atoms with Gasteiger partial charge in [-0.3, -0.25) is 19.3 Å². The van der Waals surface area contributed by atoms with Gasteiger partial charge in [0.2, 0.25) is 11.8 Å². The van der Waals surface area contributed by atoms with Gasteiger partial charge >= 0.3 is 0 Å². The molecule has 0 saturated carbocycles. The number of aldehydes is 1. The number of carbonyl (C=O) groups is 4. The first-order valence-corrected chi connectivity index (χ1v) is 7.95. The van der Waals surface area contributed by atoms with Crippen LogP contribution in [-0.2, 0) is 14.4 Å². The lowest BCUT2D eigenvalue weighted by Gasteiger charge is -2.45. The molecule has 0 N–H and O–H groups in total. The largest absolute Gasteiger partial charge is 0.343 e. The number of benzene rings is 1. The van der Waals surface area contributed by atoms with E-state index in [0.29, 0.717) is 37.2 Å². The third kappa shape index (κ3) is 3.22. The number of nitrogens with zero attached hydrogens (tertiary/aromatic N) is 2. The van der Waals surface area contributed by atoms with Crippen LogP contribution >= 0.6 is 0 Å². The first-order chi connectivity index (χ1) is 11.3. The van der Waals surface area contributed by atoms with Crippen molar-refractivity contribution >= 4 is 29.6 Å². The van der Waals surface area contributed by atoms with Crippen molar-refractivity contribution in [3.05, 3.63) is 29.8 Å². The Morgan fingerprint density at radius 2 is 1.67 bits per heavy atom. The fourth-order valence-electron chi connectivity index (χ4n) is 3.29. The summed E-state index contributed by atoms with van der Waals surface area (Å²) in [7, 11) is 0. The molecule has 0 unspecified atom stereocenters. The first kappa shape index (κ1) is 17.8. The number of amides is 2. The maximum atomic E-state index is 12.4. The number of para-hydroxylation sites is 1. The molecule has 2 rings (SSSR count). The zero-order valence-corrected chi connectivity index (χ0v) is 14.2. The second kappa shape index (κ2) is 6.95. The molecule has 0 atom stereocenters. The molecular formula is C18H22N2O4. The van der Waals surface area contributed by atoms with E-state index < -0.39 is 5.54 Å². The summed E-state index contributed by atoms with van der Waals surface area (Å²) in [5.41, 5.74) is -0.188. The minimum absolute atomic E-state index is 0.0481. The third-order valence-corrected chi connectivity index (χ3v) is 4.58. The molecule has 128 valence electrons. The van der Waals surface area contributed by atoms with Gasteiger partial charge in [-0.2, -0.15) is 0 Å². The predicted molar refractivity (Wildman–Crippen MR) is 89.9 cm³/mol. The topological polar surface area (TPSA) is 74.8 Å². The van der Waals surface area contributed by atoms with Crippen molar-refractivity contribution in [2.24, 2.45) is 0 Å². The van der Waals surface area contributed by atoms with Gasteiger partial charge in [0.05, 0.1) is 5.69 Å². The average Bonchev–Trinajstić information content (AvgIpc) is 2.55. The lowest BCUT2D eigenvalue weighted by molar-refractivity contribution is -0.132. The molecule has 24 heavy (non-hydrogen) atoms. The first-order valence-electron chi connectivity index (χ1n) is 7.95. The number of anilines is 1. The van der Waals surface area contributed by atoms with E-state index in [1.54, 1.807) is 29.2 Å². The van der Waals surface area contributed by atoms with E-state index in [9.17, 15) is 19.2 Å². The minimum Gasteiger partial charge on any atom is -0.343 e. The van der Waals surface area contributed by atoms with E-state index in [2.05, 4.69) is 0 Å². The van der Waals surface area contributed by atoms with Gasteiger partial charge in [0, 0.05) is 32.5 Å². The van der Waals surface area contributed by atoms with Gasteiger partial charge in [-0.1, -0.05) is 12.1 Å². The van der Waals surface area contributed by atoms with Crippen molar-refractivity contribution in [2.45, 2.75) is 39.2 Å². The number of Topliss-reactive ketones (excluding diaryl/α,β-unsaturated/α-hetero) is 1. The molecule has 0 aliphatic carbocycles. The highest BCUT2D eigenvalue weighted by Gasteiger charge is 2.43. The molecule has 6 heteroatoms. The fraction of sp³-hybridized carbons (Fsp3) is 0.444. The lowest BCUT2D eigenvalue weighted by Crippen LogP contribution is -2.59. The number of likely N-dealkylation sites (tertiary alicyclic amines) is 1. The molecule has 0 spiro atoms. The molecular weight excluding hydrogens is 308 g/mol. The number of hydrogen-bond donors (Lipinski definition) is 0. The molecule has 1 aliphatic rings. The van der Waals surface area contributed by atoms with E-state index in [1.807, 2.05) is 0 Å². The van der Waals surface area contributed by atoms with Gasteiger partial charge in [0.15, 0.2) is 5.78 Å². The van der Waals surface area contributed by atoms with Crippen LogP contribution in [0.2, 0.25) is 0 Å². The summed E-state index contributed by atoms with van der Waals surface area (Å²) in [6.07, 6.45) is 1.48. The van der Waals surface area contributed by atoms with Gasteiger partial charge in [0.25, 0.3) is 0 Å². The summed E-state index contributed by atoms with van der Waals surface area (Å²) in [5, 5.41) is 0. The number of carbonyl (C=O) groups excluding carboxylic acids is 4. The molecule has 0 radical (unpaired) electrons. The predicted octanol–water partition coefficient (Wildman–Crippen LogP) is 1.82. The number of ketones is 1. The summed E-state index contributed by atoms with van der Waals surface area (Å²) in [6.45, 7) is 5.12. The molecule has 1 aliphatic heterocycles. The van der Waals surface area contributed by atoms with Crippen molar-refractivity contribution in [1.82, 2.24) is 4.90 Å². The van der Waals surface area contributed by atoms with Crippen LogP contribution in [-0.4, -0.2) is 47.4 Å². The molecule has 6 nitrogen and oxygen atoms in total. The summed E-state index contributed by atoms with van der Waals surface area (Å²) >= 11 is 0. The summed E-state index contributed by atoms with van der Waals surface area (Å²) in [5.74, 6) is -0.515. The Bertz CT molecular complexity index is 675. The van der Waals surface area contributed by atoms with Crippen molar-refractivity contribution in [2.75, 3.05) is 18.0 Å². The standard InChI is InChI=1S/C18H22N2O4/c1-13(22)16-6-4-5-7-17(16)20(15(3)24)18(12-21)8-10-19(11-9-18)14(2)23/h4-7,12H,8-11H2,1-3H3. The van der Waals surface area contributed by atoms with Gasteiger partial charge in [-0.15, -0.1) is 0 Å². The Hall–Kier alpha value is -2.50. The van der Waals surface area contributed by atoms with Crippen LogP contribution < -0.4 is 4.90 Å².